The molecule has 160 valence electrons. The molecule has 2 aromatic carbocycles. The highest BCUT2D eigenvalue weighted by Crippen LogP contribution is 2.19. The van der Waals surface area contributed by atoms with Crippen LogP contribution in [0.4, 0.5) is 0 Å². The van der Waals surface area contributed by atoms with Gasteiger partial charge in [-0.2, -0.15) is 0 Å². The average Bonchev–Trinajstić information content (AvgIpc) is 3.19. The van der Waals surface area contributed by atoms with Crippen molar-refractivity contribution in [2.24, 2.45) is 10.9 Å². The SMILES string of the molecule is CCNC(=NCCc1cccc2ccccc12)N1CCC(COCCOC)C1.I. The molecule has 1 aliphatic heterocycles. The Morgan fingerprint density at radius 2 is 2.00 bits per heavy atom. The van der Waals surface area contributed by atoms with Gasteiger partial charge in [-0.15, -0.1) is 24.0 Å². The molecule has 0 spiro atoms. The van der Waals surface area contributed by atoms with Gasteiger partial charge in [-0.25, -0.2) is 0 Å². The number of aliphatic imine (C=N–C) groups is 1. The van der Waals surface area contributed by atoms with Crippen molar-refractivity contribution in [2.75, 3.05) is 53.1 Å². The van der Waals surface area contributed by atoms with Crippen LogP contribution >= 0.6 is 24.0 Å². The molecule has 1 atom stereocenters. The van der Waals surface area contributed by atoms with E-state index in [4.69, 9.17) is 14.5 Å². The topological polar surface area (TPSA) is 46.1 Å². The van der Waals surface area contributed by atoms with Crippen molar-refractivity contribution in [3.05, 3.63) is 48.0 Å². The highest BCUT2D eigenvalue weighted by atomic mass is 127. The second-order valence-electron chi connectivity index (χ2n) is 7.29. The first-order chi connectivity index (χ1) is 13.8. The summed E-state index contributed by atoms with van der Waals surface area (Å²) in [4.78, 5) is 7.28. The molecule has 5 nitrogen and oxygen atoms in total. The summed E-state index contributed by atoms with van der Waals surface area (Å²) in [6, 6.07) is 15.1. The lowest BCUT2D eigenvalue weighted by atomic mass is 10.0. The largest absolute Gasteiger partial charge is 0.382 e. The summed E-state index contributed by atoms with van der Waals surface area (Å²) < 4.78 is 10.8. The standard InChI is InChI=1S/C23H33N3O2.HI/c1-3-24-23(26-14-12-19(17-26)18-28-16-15-27-2)25-13-11-21-9-6-8-20-7-4-5-10-22(20)21;/h4-10,19H,3,11-18H2,1-2H3,(H,24,25);1H. The third kappa shape index (κ3) is 7.12. The third-order valence-electron chi connectivity index (χ3n) is 5.23. The van der Waals surface area contributed by atoms with E-state index in [0.29, 0.717) is 19.1 Å². The Morgan fingerprint density at radius 3 is 2.83 bits per heavy atom. The summed E-state index contributed by atoms with van der Waals surface area (Å²) in [6.07, 6.45) is 2.11. The number of halogens is 1. The number of methoxy groups -OCH3 is 1. The van der Waals surface area contributed by atoms with Crippen LogP contribution in [0.15, 0.2) is 47.5 Å². The van der Waals surface area contributed by atoms with Gasteiger partial charge in [0.15, 0.2) is 5.96 Å². The Kier molecular flexibility index (Phi) is 10.7. The van der Waals surface area contributed by atoms with Gasteiger partial charge in [0.2, 0.25) is 0 Å². The van der Waals surface area contributed by atoms with E-state index >= 15 is 0 Å². The quantitative estimate of drug-likeness (QED) is 0.240. The van der Waals surface area contributed by atoms with Gasteiger partial charge >= 0.3 is 0 Å². The first kappa shape index (κ1) is 23.9. The van der Waals surface area contributed by atoms with E-state index in [1.54, 1.807) is 7.11 Å². The molecule has 2 aromatic rings. The van der Waals surface area contributed by atoms with Gasteiger partial charge < -0.3 is 19.7 Å². The molecule has 29 heavy (non-hydrogen) atoms. The molecule has 0 aromatic heterocycles. The van der Waals surface area contributed by atoms with Crippen molar-refractivity contribution in [3.8, 4) is 0 Å². The number of nitrogens with one attached hydrogen (secondary N) is 1. The highest BCUT2D eigenvalue weighted by Gasteiger charge is 2.24. The minimum absolute atomic E-state index is 0. The fraction of sp³-hybridized carbons (Fsp3) is 0.522. The second kappa shape index (κ2) is 13.0. The third-order valence-corrected chi connectivity index (χ3v) is 5.23. The summed E-state index contributed by atoms with van der Waals surface area (Å²) >= 11 is 0. The van der Waals surface area contributed by atoms with Crippen molar-refractivity contribution in [3.63, 3.8) is 0 Å². The van der Waals surface area contributed by atoms with Crippen LogP contribution in [0.2, 0.25) is 0 Å². The summed E-state index contributed by atoms with van der Waals surface area (Å²) in [5.41, 5.74) is 1.36. The highest BCUT2D eigenvalue weighted by molar-refractivity contribution is 14.0. The number of fused-ring (bicyclic) bond motifs is 1. The fourth-order valence-corrected chi connectivity index (χ4v) is 3.77. The number of benzene rings is 2. The van der Waals surface area contributed by atoms with Crippen molar-refractivity contribution in [1.29, 1.82) is 0 Å². The Morgan fingerprint density at radius 1 is 1.17 bits per heavy atom. The van der Waals surface area contributed by atoms with E-state index in [1.807, 2.05) is 0 Å². The zero-order chi connectivity index (χ0) is 19.6. The van der Waals surface area contributed by atoms with E-state index in [0.717, 1.165) is 51.6 Å². The number of hydrogen-bond acceptors (Lipinski definition) is 3. The van der Waals surface area contributed by atoms with E-state index in [2.05, 4.69) is 59.6 Å². The molecular weight excluding hydrogens is 477 g/mol. The summed E-state index contributed by atoms with van der Waals surface area (Å²) in [7, 11) is 1.71. The van der Waals surface area contributed by atoms with Crippen LogP contribution < -0.4 is 5.32 Å². The molecule has 0 radical (unpaired) electrons. The monoisotopic (exact) mass is 511 g/mol. The van der Waals surface area contributed by atoms with Crippen LogP contribution in [0.5, 0.6) is 0 Å². The van der Waals surface area contributed by atoms with Crippen LogP contribution in [0, 0.1) is 5.92 Å². The number of likely N-dealkylation sites (tertiary alicyclic amines) is 1. The van der Waals surface area contributed by atoms with Crippen LogP contribution in [-0.2, 0) is 15.9 Å². The van der Waals surface area contributed by atoms with Crippen LogP contribution in [-0.4, -0.2) is 64.0 Å². The number of nitrogens with zero attached hydrogens (tertiary/aromatic N) is 2. The molecular formula is C23H34IN3O2. The zero-order valence-corrected chi connectivity index (χ0v) is 19.9. The van der Waals surface area contributed by atoms with Gasteiger partial charge in [-0.1, -0.05) is 42.5 Å². The molecule has 0 amide bonds. The Bertz CT molecular complexity index is 763. The molecule has 1 aliphatic rings. The molecule has 0 saturated carbocycles. The number of ether oxygens (including phenoxy) is 2. The molecule has 6 heteroatoms. The first-order valence-electron chi connectivity index (χ1n) is 10.4. The summed E-state index contributed by atoms with van der Waals surface area (Å²) in [5, 5.41) is 6.09. The summed E-state index contributed by atoms with van der Waals surface area (Å²) in [6.45, 7) is 7.99. The Labute approximate surface area is 191 Å². The number of hydrogen-bond donors (Lipinski definition) is 1. The van der Waals surface area contributed by atoms with Crippen LogP contribution in [0.3, 0.4) is 0 Å². The fourth-order valence-electron chi connectivity index (χ4n) is 3.77. The summed E-state index contributed by atoms with van der Waals surface area (Å²) in [5.74, 6) is 1.60. The lowest BCUT2D eigenvalue weighted by Gasteiger charge is -2.21. The normalized spacial score (nSPS) is 16.8. The molecule has 1 saturated heterocycles. The van der Waals surface area contributed by atoms with Gasteiger partial charge in [0.25, 0.3) is 0 Å². The van der Waals surface area contributed by atoms with Crippen molar-refractivity contribution < 1.29 is 9.47 Å². The van der Waals surface area contributed by atoms with Gasteiger partial charge in [-0.3, -0.25) is 4.99 Å². The first-order valence-corrected chi connectivity index (χ1v) is 10.4. The smallest absolute Gasteiger partial charge is 0.193 e. The minimum atomic E-state index is 0. The van der Waals surface area contributed by atoms with Gasteiger partial charge in [0, 0.05) is 39.2 Å². The van der Waals surface area contributed by atoms with Gasteiger partial charge in [0.05, 0.1) is 19.8 Å². The molecule has 3 rings (SSSR count). The maximum atomic E-state index is 5.71. The molecule has 1 unspecified atom stereocenters. The lowest BCUT2D eigenvalue weighted by molar-refractivity contribution is 0.0536. The van der Waals surface area contributed by atoms with Crippen molar-refractivity contribution in [2.45, 2.75) is 19.8 Å². The van der Waals surface area contributed by atoms with Gasteiger partial charge in [0.1, 0.15) is 0 Å². The van der Waals surface area contributed by atoms with Crippen molar-refractivity contribution in [1.82, 2.24) is 10.2 Å². The van der Waals surface area contributed by atoms with E-state index in [9.17, 15) is 0 Å². The lowest BCUT2D eigenvalue weighted by Crippen LogP contribution is -2.40. The number of rotatable bonds is 9. The number of guanidine groups is 1. The maximum absolute atomic E-state index is 5.71. The van der Waals surface area contributed by atoms with Crippen molar-refractivity contribution >= 4 is 40.7 Å². The van der Waals surface area contributed by atoms with E-state index in [1.165, 1.54) is 16.3 Å². The van der Waals surface area contributed by atoms with Crippen LogP contribution in [0.25, 0.3) is 10.8 Å². The molecule has 0 bridgehead atoms. The Balaban J connectivity index is 0.00000300. The molecule has 0 aliphatic carbocycles. The zero-order valence-electron chi connectivity index (χ0n) is 17.6. The van der Waals surface area contributed by atoms with Gasteiger partial charge in [-0.05, 0) is 36.1 Å². The molecule has 1 N–H and O–H groups in total. The Hall–Kier alpha value is -1.38. The molecule has 1 fully saturated rings. The van der Waals surface area contributed by atoms with E-state index in [-0.39, 0.29) is 24.0 Å². The minimum Gasteiger partial charge on any atom is -0.382 e. The van der Waals surface area contributed by atoms with Crippen LogP contribution in [0.1, 0.15) is 18.9 Å². The predicted octanol–water partition coefficient (Wildman–Crippen LogP) is 3.95. The average molecular weight is 511 g/mol. The molecule has 1 heterocycles. The second-order valence-corrected chi connectivity index (χ2v) is 7.29. The maximum Gasteiger partial charge on any atom is 0.193 e. The van der Waals surface area contributed by atoms with E-state index < -0.39 is 0 Å². The predicted molar refractivity (Wildman–Crippen MR) is 131 cm³/mol.